The molecule has 0 radical (unpaired) electrons. The number of likely N-dealkylation sites (tertiary alicyclic amines) is 1. The highest BCUT2D eigenvalue weighted by Gasteiger charge is 2.28. The minimum atomic E-state index is -0.151. The minimum absolute atomic E-state index is 0.0153. The van der Waals surface area contributed by atoms with Gasteiger partial charge in [0.05, 0.1) is 5.92 Å². The Bertz CT molecular complexity index is 533. The van der Waals surface area contributed by atoms with E-state index in [1.54, 1.807) is 4.90 Å². The Hall–Kier alpha value is -2.08. The van der Waals surface area contributed by atoms with Crippen LogP contribution < -0.4 is 16.4 Å². The van der Waals surface area contributed by atoms with E-state index in [0.717, 1.165) is 24.1 Å². The molecular weight excluding hydrogens is 280 g/mol. The third-order valence-corrected chi connectivity index (χ3v) is 3.79. The van der Waals surface area contributed by atoms with Gasteiger partial charge in [-0.05, 0) is 37.5 Å². The first kappa shape index (κ1) is 16.3. The van der Waals surface area contributed by atoms with Crippen molar-refractivity contribution in [2.75, 3.05) is 31.5 Å². The molecule has 1 fully saturated rings. The van der Waals surface area contributed by atoms with Crippen LogP contribution in [0.15, 0.2) is 24.3 Å². The van der Waals surface area contributed by atoms with Crippen LogP contribution in [0.1, 0.15) is 18.4 Å². The van der Waals surface area contributed by atoms with Crippen molar-refractivity contribution in [2.24, 2.45) is 11.7 Å². The number of nitrogens with two attached hydrogens (primary N) is 1. The summed E-state index contributed by atoms with van der Waals surface area (Å²) in [5, 5.41) is 5.69. The number of hydrogen-bond donors (Lipinski definition) is 3. The molecule has 22 heavy (non-hydrogen) atoms. The van der Waals surface area contributed by atoms with Gasteiger partial charge in [-0.15, -0.1) is 0 Å². The van der Waals surface area contributed by atoms with Crippen LogP contribution in [-0.4, -0.2) is 43.0 Å². The molecule has 1 aliphatic heterocycles. The van der Waals surface area contributed by atoms with E-state index < -0.39 is 0 Å². The van der Waals surface area contributed by atoms with E-state index >= 15 is 0 Å². The molecule has 6 nitrogen and oxygen atoms in total. The molecule has 120 valence electrons. The Morgan fingerprint density at radius 2 is 2.23 bits per heavy atom. The highest BCUT2D eigenvalue weighted by atomic mass is 16.2. The largest absolute Gasteiger partial charge is 0.355 e. The molecule has 0 bridgehead atoms. The number of rotatable bonds is 4. The maximum absolute atomic E-state index is 12.3. The lowest BCUT2D eigenvalue weighted by Crippen LogP contribution is -2.47. The van der Waals surface area contributed by atoms with Crippen LogP contribution >= 0.6 is 0 Å². The molecule has 1 aromatic carbocycles. The molecule has 1 saturated heterocycles. The number of carbonyl (C=O) groups is 2. The Balaban J connectivity index is 1.91. The van der Waals surface area contributed by atoms with Gasteiger partial charge in [-0.3, -0.25) is 4.79 Å². The van der Waals surface area contributed by atoms with Crippen molar-refractivity contribution in [3.8, 4) is 0 Å². The Kier molecular flexibility index (Phi) is 5.77. The molecule has 1 unspecified atom stereocenters. The Morgan fingerprint density at radius 1 is 1.41 bits per heavy atom. The highest BCUT2D eigenvalue weighted by molar-refractivity contribution is 5.90. The average Bonchev–Trinajstić information content (AvgIpc) is 2.52. The summed E-state index contributed by atoms with van der Waals surface area (Å²) in [5.41, 5.74) is 7.26. The smallest absolute Gasteiger partial charge is 0.321 e. The van der Waals surface area contributed by atoms with Gasteiger partial charge in [0.25, 0.3) is 0 Å². The van der Waals surface area contributed by atoms with Crippen LogP contribution in [0.2, 0.25) is 0 Å². The molecule has 1 aliphatic rings. The zero-order chi connectivity index (χ0) is 15.9. The number of nitrogens with one attached hydrogen (secondary N) is 2. The van der Waals surface area contributed by atoms with Crippen molar-refractivity contribution >= 4 is 17.6 Å². The summed E-state index contributed by atoms with van der Waals surface area (Å²) < 4.78 is 0. The summed E-state index contributed by atoms with van der Waals surface area (Å²) in [5.74, 6) is -0.165. The van der Waals surface area contributed by atoms with Gasteiger partial charge in [0.1, 0.15) is 0 Å². The molecule has 4 N–H and O–H groups in total. The predicted molar refractivity (Wildman–Crippen MR) is 86.6 cm³/mol. The number of anilines is 1. The number of piperidine rings is 1. The van der Waals surface area contributed by atoms with Crippen molar-refractivity contribution in [3.63, 3.8) is 0 Å². The van der Waals surface area contributed by atoms with E-state index in [0.29, 0.717) is 26.2 Å². The van der Waals surface area contributed by atoms with Crippen molar-refractivity contribution in [2.45, 2.75) is 19.8 Å². The van der Waals surface area contributed by atoms with E-state index in [9.17, 15) is 9.59 Å². The van der Waals surface area contributed by atoms with Crippen molar-refractivity contribution in [1.82, 2.24) is 10.2 Å². The summed E-state index contributed by atoms with van der Waals surface area (Å²) in [4.78, 5) is 26.0. The van der Waals surface area contributed by atoms with Gasteiger partial charge in [-0.1, -0.05) is 12.1 Å². The first-order chi connectivity index (χ1) is 10.6. The number of aryl methyl sites for hydroxylation is 1. The van der Waals surface area contributed by atoms with Gasteiger partial charge in [0.2, 0.25) is 5.91 Å². The Labute approximate surface area is 131 Å². The third-order valence-electron chi connectivity index (χ3n) is 3.79. The average molecular weight is 304 g/mol. The van der Waals surface area contributed by atoms with Crippen molar-refractivity contribution in [3.05, 3.63) is 29.8 Å². The molecule has 1 heterocycles. The molecule has 2 rings (SSSR count). The van der Waals surface area contributed by atoms with Gasteiger partial charge in [0, 0.05) is 31.9 Å². The van der Waals surface area contributed by atoms with Crippen LogP contribution in [0.5, 0.6) is 0 Å². The summed E-state index contributed by atoms with van der Waals surface area (Å²) in [7, 11) is 0. The first-order valence-electron chi connectivity index (χ1n) is 7.70. The zero-order valence-electron chi connectivity index (χ0n) is 13.0. The number of nitrogens with zero attached hydrogens (tertiary/aromatic N) is 1. The molecule has 0 aliphatic carbocycles. The number of urea groups is 1. The lowest BCUT2D eigenvalue weighted by Gasteiger charge is -2.32. The van der Waals surface area contributed by atoms with Gasteiger partial charge in [-0.25, -0.2) is 4.79 Å². The van der Waals surface area contributed by atoms with Gasteiger partial charge in [-0.2, -0.15) is 0 Å². The van der Waals surface area contributed by atoms with Gasteiger partial charge in [0.15, 0.2) is 0 Å². The molecule has 1 atom stereocenters. The van der Waals surface area contributed by atoms with Gasteiger partial charge < -0.3 is 21.3 Å². The number of amides is 3. The highest BCUT2D eigenvalue weighted by Crippen LogP contribution is 2.18. The lowest BCUT2D eigenvalue weighted by atomic mass is 9.97. The van der Waals surface area contributed by atoms with E-state index in [-0.39, 0.29) is 17.9 Å². The van der Waals surface area contributed by atoms with Crippen molar-refractivity contribution < 1.29 is 9.59 Å². The van der Waals surface area contributed by atoms with E-state index in [1.807, 2.05) is 31.2 Å². The SMILES string of the molecule is Cc1cccc(NC(=O)N2CCCC(C(=O)NCCN)C2)c1. The second-order valence-corrected chi connectivity index (χ2v) is 5.66. The number of hydrogen-bond acceptors (Lipinski definition) is 3. The summed E-state index contributed by atoms with van der Waals surface area (Å²) in [6, 6.07) is 7.52. The topological polar surface area (TPSA) is 87.5 Å². The van der Waals surface area contributed by atoms with Crippen LogP contribution in [0, 0.1) is 12.8 Å². The van der Waals surface area contributed by atoms with E-state index in [2.05, 4.69) is 10.6 Å². The lowest BCUT2D eigenvalue weighted by molar-refractivity contribution is -0.126. The standard InChI is InChI=1S/C16H24N4O2/c1-12-4-2-6-14(10-12)19-16(22)20-9-3-5-13(11-20)15(21)18-8-7-17/h2,4,6,10,13H,3,5,7-9,11,17H2,1H3,(H,18,21)(H,19,22). The summed E-state index contributed by atoms with van der Waals surface area (Å²) in [6.45, 7) is 4.02. The molecule has 0 saturated carbocycles. The van der Waals surface area contributed by atoms with Crippen LogP contribution in [-0.2, 0) is 4.79 Å². The fraction of sp³-hybridized carbons (Fsp3) is 0.500. The van der Waals surface area contributed by atoms with E-state index in [4.69, 9.17) is 5.73 Å². The van der Waals surface area contributed by atoms with Gasteiger partial charge >= 0.3 is 6.03 Å². The summed E-state index contributed by atoms with van der Waals surface area (Å²) in [6.07, 6.45) is 1.65. The minimum Gasteiger partial charge on any atom is -0.355 e. The molecule has 1 aromatic rings. The summed E-state index contributed by atoms with van der Waals surface area (Å²) >= 11 is 0. The first-order valence-corrected chi connectivity index (χ1v) is 7.70. The van der Waals surface area contributed by atoms with Crippen LogP contribution in [0.25, 0.3) is 0 Å². The maximum atomic E-state index is 12.3. The molecule has 0 aromatic heterocycles. The van der Waals surface area contributed by atoms with E-state index in [1.165, 1.54) is 0 Å². The van der Waals surface area contributed by atoms with Crippen molar-refractivity contribution in [1.29, 1.82) is 0 Å². The predicted octanol–water partition coefficient (Wildman–Crippen LogP) is 1.31. The third kappa shape index (κ3) is 4.46. The molecule has 0 spiro atoms. The van der Waals surface area contributed by atoms with Crippen LogP contribution in [0.4, 0.5) is 10.5 Å². The maximum Gasteiger partial charge on any atom is 0.321 e. The zero-order valence-corrected chi connectivity index (χ0v) is 13.0. The monoisotopic (exact) mass is 304 g/mol. The number of benzene rings is 1. The fourth-order valence-electron chi connectivity index (χ4n) is 2.64. The second-order valence-electron chi connectivity index (χ2n) is 5.66. The molecular formula is C16H24N4O2. The number of carbonyl (C=O) groups excluding carboxylic acids is 2. The second kappa shape index (κ2) is 7.79. The molecule has 3 amide bonds. The van der Waals surface area contributed by atoms with Crippen LogP contribution in [0.3, 0.4) is 0 Å². The molecule has 6 heteroatoms. The fourth-order valence-corrected chi connectivity index (χ4v) is 2.64. The normalized spacial score (nSPS) is 17.9. The quantitative estimate of drug-likeness (QED) is 0.784. The Morgan fingerprint density at radius 3 is 2.95 bits per heavy atom.